The van der Waals surface area contributed by atoms with Crippen molar-refractivity contribution in [1.29, 1.82) is 0 Å². The van der Waals surface area contributed by atoms with Gasteiger partial charge in [0.15, 0.2) is 0 Å². The fraction of sp³-hybridized carbons (Fsp3) is 0.800. The van der Waals surface area contributed by atoms with Crippen LogP contribution in [-0.2, 0) is 9.59 Å². The molecular formula is C10H19NO3. The van der Waals surface area contributed by atoms with Crippen LogP contribution in [0.25, 0.3) is 0 Å². The van der Waals surface area contributed by atoms with Crippen LogP contribution in [0, 0.1) is 0 Å². The van der Waals surface area contributed by atoms with Crippen molar-refractivity contribution in [3.63, 3.8) is 0 Å². The molecule has 82 valence electrons. The van der Waals surface area contributed by atoms with Crippen LogP contribution in [0.4, 0.5) is 0 Å². The van der Waals surface area contributed by atoms with Crippen molar-refractivity contribution in [3.05, 3.63) is 0 Å². The summed E-state index contributed by atoms with van der Waals surface area (Å²) in [6.45, 7) is 3.88. The normalized spacial score (nSPS) is 14.5. The Kier molecular flexibility index (Phi) is 7.89. The van der Waals surface area contributed by atoms with Gasteiger partial charge in [-0.3, -0.25) is 9.59 Å². The minimum absolute atomic E-state index is 0.250. The second-order valence-electron chi connectivity index (χ2n) is 3.30. The van der Waals surface area contributed by atoms with E-state index in [0.717, 1.165) is 32.4 Å². The minimum Gasteiger partial charge on any atom is -0.483 e. The zero-order chi connectivity index (χ0) is 10.8. The quantitative estimate of drug-likeness (QED) is 0.704. The van der Waals surface area contributed by atoms with E-state index in [-0.39, 0.29) is 6.47 Å². The van der Waals surface area contributed by atoms with Crippen LogP contribution in [0.15, 0.2) is 0 Å². The summed E-state index contributed by atoms with van der Waals surface area (Å²) >= 11 is 0. The molecule has 0 aromatic rings. The van der Waals surface area contributed by atoms with Crippen LogP contribution < -0.4 is 0 Å². The molecule has 0 spiro atoms. The van der Waals surface area contributed by atoms with Gasteiger partial charge in [0.2, 0.25) is 5.91 Å². The lowest BCUT2D eigenvalue weighted by atomic mass is 10.2. The molecule has 0 aliphatic carbocycles. The summed E-state index contributed by atoms with van der Waals surface area (Å²) in [5.41, 5.74) is 0. The first-order valence-electron chi connectivity index (χ1n) is 5.11. The minimum atomic E-state index is -0.250. The maximum Gasteiger partial charge on any atom is 0.290 e. The van der Waals surface area contributed by atoms with Gasteiger partial charge in [0.05, 0.1) is 0 Å². The van der Waals surface area contributed by atoms with Gasteiger partial charge < -0.3 is 10.0 Å². The van der Waals surface area contributed by atoms with E-state index in [2.05, 4.69) is 6.92 Å². The molecule has 0 radical (unpaired) electrons. The van der Waals surface area contributed by atoms with E-state index in [9.17, 15) is 4.79 Å². The Morgan fingerprint density at radius 2 is 1.93 bits per heavy atom. The summed E-state index contributed by atoms with van der Waals surface area (Å²) in [7, 11) is 0. The van der Waals surface area contributed by atoms with Gasteiger partial charge >= 0.3 is 0 Å². The fourth-order valence-corrected chi connectivity index (χ4v) is 1.45. The Bertz CT molecular complexity index is 165. The van der Waals surface area contributed by atoms with Gasteiger partial charge in [-0.1, -0.05) is 13.3 Å². The number of unbranched alkanes of at least 4 members (excludes halogenated alkanes) is 1. The van der Waals surface area contributed by atoms with Gasteiger partial charge in [-0.25, -0.2) is 0 Å². The number of rotatable bonds is 3. The van der Waals surface area contributed by atoms with Gasteiger partial charge in [0.1, 0.15) is 0 Å². The van der Waals surface area contributed by atoms with E-state index in [1.54, 1.807) is 0 Å². The van der Waals surface area contributed by atoms with E-state index in [1.165, 1.54) is 12.8 Å². The van der Waals surface area contributed by atoms with Crippen LogP contribution in [0.3, 0.4) is 0 Å². The number of hydrogen-bond acceptors (Lipinski definition) is 2. The first-order valence-corrected chi connectivity index (χ1v) is 5.11. The van der Waals surface area contributed by atoms with Crippen LogP contribution in [-0.4, -0.2) is 35.5 Å². The monoisotopic (exact) mass is 201 g/mol. The predicted molar refractivity (Wildman–Crippen MR) is 54.0 cm³/mol. The third-order valence-electron chi connectivity index (χ3n) is 2.20. The molecule has 1 aliphatic rings. The lowest BCUT2D eigenvalue weighted by molar-refractivity contribution is -0.130. The molecule has 1 N–H and O–H groups in total. The summed E-state index contributed by atoms with van der Waals surface area (Å²) < 4.78 is 0. The van der Waals surface area contributed by atoms with Gasteiger partial charge in [0.25, 0.3) is 6.47 Å². The lowest BCUT2D eigenvalue weighted by Crippen LogP contribution is -2.27. The molecule has 1 rings (SSSR count). The van der Waals surface area contributed by atoms with Crippen LogP contribution in [0.5, 0.6) is 0 Å². The van der Waals surface area contributed by atoms with Crippen LogP contribution >= 0.6 is 0 Å². The molecule has 1 aliphatic heterocycles. The highest BCUT2D eigenvalue weighted by atomic mass is 16.3. The molecule has 1 saturated heterocycles. The molecule has 14 heavy (non-hydrogen) atoms. The maximum absolute atomic E-state index is 11.3. The Labute approximate surface area is 84.9 Å². The molecule has 0 atom stereocenters. The molecule has 4 heteroatoms. The molecule has 0 unspecified atom stereocenters. The van der Waals surface area contributed by atoms with E-state index in [0.29, 0.717) is 5.91 Å². The summed E-state index contributed by atoms with van der Waals surface area (Å²) in [4.78, 5) is 21.7. The lowest BCUT2D eigenvalue weighted by Gasteiger charge is -2.14. The number of likely N-dealkylation sites (tertiary alicyclic amines) is 1. The second-order valence-corrected chi connectivity index (χ2v) is 3.30. The fourth-order valence-electron chi connectivity index (χ4n) is 1.45. The highest BCUT2D eigenvalue weighted by Gasteiger charge is 2.16. The third kappa shape index (κ3) is 5.56. The van der Waals surface area contributed by atoms with Crippen molar-refractivity contribution in [1.82, 2.24) is 4.90 Å². The molecular weight excluding hydrogens is 182 g/mol. The molecule has 1 heterocycles. The molecule has 4 nitrogen and oxygen atoms in total. The predicted octanol–water partition coefficient (Wildman–Crippen LogP) is 1.50. The molecule has 0 aromatic heterocycles. The average Bonchev–Trinajstić information content (AvgIpc) is 2.68. The van der Waals surface area contributed by atoms with E-state index in [1.807, 2.05) is 4.90 Å². The topological polar surface area (TPSA) is 57.6 Å². The van der Waals surface area contributed by atoms with Crippen molar-refractivity contribution in [2.75, 3.05) is 13.1 Å². The summed E-state index contributed by atoms with van der Waals surface area (Å²) in [5, 5.41) is 6.89. The number of carboxylic acid groups (broad SMARTS) is 1. The van der Waals surface area contributed by atoms with Gasteiger partial charge in [-0.2, -0.15) is 0 Å². The van der Waals surface area contributed by atoms with E-state index >= 15 is 0 Å². The number of carbonyl (C=O) groups is 2. The Morgan fingerprint density at radius 3 is 2.36 bits per heavy atom. The summed E-state index contributed by atoms with van der Waals surface area (Å²) in [5.74, 6) is 0.365. The number of carbonyl (C=O) groups excluding carboxylic acids is 1. The van der Waals surface area contributed by atoms with Crippen molar-refractivity contribution in [2.45, 2.75) is 39.0 Å². The van der Waals surface area contributed by atoms with Gasteiger partial charge in [0, 0.05) is 19.5 Å². The van der Waals surface area contributed by atoms with Crippen molar-refractivity contribution in [2.24, 2.45) is 0 Å². The van der Waals surface area contributed by atoms with Gasteiger partial charge in [-0.05, 0) is 19.3 Å². The zero-order valence-corrected chi connectivity index (χ0v) is 8.74. The highest BCUT2D eigenvalue weighted by molar-refractivity contribution is 5.76. The van der Waals surface area contributed by atoms with E-state index < -0.39 is 0 Å². The molecule has 0 saturated carbocycles. The maximum atomic E-state index is 11.3. The van der Waals surface area contributed by atoms with Crippen LogP contribution in [0.2, 0.25) is 0 Å². The molecule has 1 amide bonds. The first kappa shape index (κ1) is 12.9. The molecule has 0 aromatic carbocycles. The molecule has 1 fully saturated rings. The van der Waals surface area contributed by atoms with Crippen LogP contribution in [0.1, 0.15) is 39.0 Å². The molecule has 0 bridgehead atoms. The SMILES string of the molecule is CCCCC(=O)N1CCCC1.O=CO. The first-order chi connectivity index (χ1) is 6.76. The number of nitrogens with zero attached hydrogens (tertiary/aromatic N) is 1. The number of amides is 1. The Hall–Kier alpha value is -1.06. The zero-order valence-electron chi connectivity index (χ0n) is 8.74. The van der Waals surface area contributed by atoms with E-state index in [4.69, 9.17) is 9.90 Å². The Balaban J connectivity index is 0.000000500. The van der Waals surface area contributed by atoms with Gasteiger partial charge in [-0.15, -0.1) is 0 Å². The van der Waals surface area contributed by atoms with Crippen molar-refractivity contribution in [3.8, 4) is 0 Å². The summed E-state index contributed by atoms with van der Waals surface area (Å²) in [6.07, 6.45) is 5.35. The standard InChI is InChI=1S/C9H17NO.CH2O2/c1-2-3-6-9(11)10-7-4-5-8-10;2-1-3/h2-8H2,1H3;1H,(H,2,3). The second kappa shape index (κ2) is 8.53. The highest BCUT2D eigenvalue weighted by Crippen LogP contribution is 2.10. The van der Waals surface area contributed by atoms with Crippen molar-refractivity contribution >= 4 is 12.4 Å². The Morgan fingerprint density at radius 1 is 1.43 bits per heavy atom. The third-order valence-corrected chi connectivity index (χ3v) is 2.20. The van der Waals surface area contributed by atoms with Crippen molar-refractivity contribution < 1.29 is 14.7 Å². The summed E-state index contributed by atoms with van der Waals surface area (Å²) in [6, 6.07) is 0. The average molecular weight is 201 g/mol. The largest absolute Gasteiger partial charge is 0.483 e. The smallest absolute Gasteiger partial charge is 0.290 e. The number of hydrogen-bond donors (Lipinski definition) is 1.